The Hall–Kier alpha value is -2.53. The Bertz CT molecular complexity index is 825. The molecule has 6 heteroatoms. The molecule has 0 unspecified atom stereocenters. The third-order valence-electron chi connectivity index (χ3n) is 3.78. The molecule has 0 aromatic heterocycles. The molecule has 0 saturated heterocycles. The molecule has 0 atom stereocenters. The van der Waals surface area contributed by atoms with Crippen LogP contribution in [-0.2, 0) is 16.1 Å². The van der Waals surface area contributed by atoms with E-state index >= 15 is 0 Å². The molecule has 2 aromatic carbocycles. The van der Waals surface area contributed by atoms with Crippen LogP contribution < -0.4 is 9.64 Å². The highest BCUT2D eigenvalue weighted by Crippen LogP contribution is 2.23. The lowest BCUT2D eigenvalue weighted by Crippen LogP contribution is -2.24. The van der Waals surface area contributed by atoms with E-state index in [1.165, 1.54) is 6.92 Å². The molecule has 0 aliphatic rings. The minimum atomic E-state index is -0.601. The summed E-state index contributed by atoms with van der Waals surface area (Å²) in [6.07, 6.45) is 0. The van der Waals surface area contributed by atoms with Crippen molar-refractivity contribution in [2.75, 3.05) is 11.9 Å². The fourth-order valence-electron chi connectivity index (χ4n) is 2.31. The van der Waals surface area contributed by atoms with Crippen LogP contribution in [0.15, 0.2) is 42.5 Å². The first kappa shape index (κ1) is 20.8. The number of ether oxygens (including phenoxy) is 2. The molecule has 2 rings (SSSR count). The zero-order valence-electron chi connectivity index (χ0n) is 16.2. The van der Waals surface area contributed by atoms with Crippen molar-refractivity contribution in [3.05, 3.63) is 58.6 Å². The summed E-state index contributed by atoms with van der Waals surface area (Å²) in [7, 11) is 1.71. The van der Waals surface area contributed by atoms with Crippen molar-refractivity contribution >= 4 is 29.2 Å². The Labute approximate surface area is 164 Å². The summed E-state index contributed by atoms with van der Waals surface area (Å²) in [5.41, 5.74) is 1.23. The molecular formula is C21H24ClNO4. The average Bonchev–Trinajstić information content (AvgIpc) is 2.59. The Morgan fingerprint density at radius 3 is 2.26 bits per heavy atom. The molecule has 0 spiro atoms. The highest BCUT2D eigenvalue weighted by atomic mass is 35.5. The minimum Gasteiger partial charge on any atom is -0.489 e. The summed E-state index contributed by atoms with van der Waals surface area (Å²) in [4.78, 5) is 25.4. The van der Waals surface area contributed by atoms with Crippen LogP contribution in [0.3, 0.4) is 0 Å². The van der Waals surface area contributed by atoms with Crippen molar-refractivity contribution in [2.45, 2.75) is 39.9 Å². The van der Waals surface area contributed by atoms with Gasteiger partial charge in [-0.1, -0.05) is 17.7 Å². The second-order valence-electron chi connectivity index (χ2n) is 7.16. The number of carbonyl (C=O) groups is 2. The molecular weight excluding hydrogens is 366 g/mol. The van der Waals surface area contributed by atoms with Gasteiger partial charge in [0.25, 0.3) is 0 Å². The molecule has 0 saturated carbocycles. The number of carbonyl (C=O) groups excluding carboxylic acids is 2. The highest BCUT2D eigenvalue weighted by molar-refractivity contribution is 6.31. The topological polar surface area (TPSA) is 55.8 Å². The van der Waals surface area contributed by atoms with E-state index in [9.17, 15) is 9.59 Å². The van der Waals surface area contributed by atoms with E-state index in [1.54, 1.807) is 54.4 Å². The average molecular weight is 390 g/mol. The van der Waals surface area contributed by atoms with Gasteiger partial charge in [-0.05, 0) is 57.2 Å². The summed E-state index contributed by atoms with van der Waals surface area (Å²) in [6, 6.07) is 12.2. The molecule has 5 nitrogen and oxygen atoms in total. The van der Waals surface area contributed by atoms with Crippen LogP contribution >= 0.6 is 11.6 Å². The predicted molar refractivity (Wildman–Crippen MR) is 106 cm³/mol. The lowest BCUT2D eigenvalue weighted by molar-refractivity contribution is -0.116. The third kappa shape index (κ3) is 6.00. The van der Waals surface area contributed by atoms with Crippen molar-refractivity contribution in [3.8, 4) is 5.75 Å². The smallest absolute Gasteiger partial charge is 0.339 e. The fourth-order valence-corrected chi connectivity index (χ4v) is 2.48. The predicted octanol–water partition coefficient (Wildman–Crippen LogP) is 4.86. The zero-order valence-corrected chi connectivity index (χ0v) is 17.0. The molecule has 0 fully saturated rings. The van der Waals surface area contributed by atoms with Gasteiger partial charge in [-0.3, -0.25) is 4.79 Å². The van der Waals surface area contributed by atoms with Gasteiger partial charge in [-0.25, -0.2) is 4.79 Å². The number of halogens is 1. The van der Waals surface area contributed by atoms with Gasteiger partial charge >= 0.3 is 5.97 Å². The van der Waals surface area contributed by atoms with E-state index in [0.29, 0.717) is 21.9 Å². The Morgan fingerprint density at radius 2 is 1.70 bits per heavy atom. The number of nitrogens with zero attached hydrogens (tertiary/aromatic N) is 1. The summed E-state index contributed by atoms with van der Waals surface area (Å²) in [6.45, 7) is 7.12. The molecule has 0 N–H and O–H groups in total. The molecule has 0 bridgehead atoms. The lowest BCUT2D eigenvalue weighted by Gasteiger charge is -2.21. The van der Waals surface area contributed by atoms with Crippen molar-refractivity contribution in [1.29, 1.82) is 0 Å². The van der Waals surface area contributed by atoms with Gasteiger partial charge in [0.1, 0.15) is 18.0 Å². The van der Waals surface area contributed by atoms with Crippen LogP contribution in [-0.4, -0.2) is 24.5 Å². The standard InChI is InChI=1S/C21H24ClNO4/c1-14(24)23(5)17-8-10-18(11-9-17)26-13-15-6-7-16(22)12-19(15)20(25)27-21(2,3)4/h6-12H,13H2,1-5H3. The highest BCUT2D eigenvalue weighted by Gasteiger charge is 2.21. The van der Waals surface area contributed by atoms with Gasteiger partial charge in [0.05, 0.1) is 5.56 Å². The Morgan fingerprint density at radius 1 is 1.07 bits per heavy atom. The first-order valence-corrected chi connectivity index (χ1v) is 8.93. The maximum Gasteiger partial charge on any atom is 0.339 e. The van der Waals surface area contributed by atoms with Gasteiger partial charge in [0.2, 0.25) is 5.91 Å². The van der Waals surface area contributed by atoms with Crippen LogP contribution in [0.4, 0.5) is 5.69 Å². The molecule has 0 radical (unpaired) electrons. The quantitative estimate of drug-likeness (QED) is 0.685. The first-order valence-electron chi connectivity index (χ1n) is 8.56. The van der Waals surface area contributed by atoms with Gasteiger partial charge in [0.15, 0.2) is 0 Å². The summed E-state index contributed by atoms with van der Waals surface area (Å²) in [5, 5.41) is 0.455. The fraction of sp³-hybridized carbons (Fsp3) is 0.333. The second-order valence-corrected chi connectivity index (χ2v) is 7.60. The molecule has 2 aromatic rings. The van der Waals surface area contributed by atoms with Crippen LogP contribution in [0.5, 0.6) is 5.75 Å². The number of esters is 1. The van der Waals surface area contributed by atoms with Crippen LogP contribution in [0.2, 0.25) is 5.02 Å². The summed E-state index contributed by atoms with van der Waals surface area (Å²) in [5.74, 6) is 0.134. The van der Waals surface area contributed by atoms with Crippen LogP contribution in [0.1, 0.15) is 43.6 Å². The summed E-state index contributed by atoms with van der Waals surface area (Å²) < 4.78 is 11.2. The zero-order chi connectivity index (χ0) is 20.2. The van der Waals surface area contributed by atoms with E-state index in [1.807, 2.05) is 20.8 Å². The number of anilines is 1. The van der Waals surface area contributed by atoms with Gasteiger partial charge in [0, 0.05) is 30.2 Å². The van der Waals surface area contributed by atoms with Gasteiger partial charge in [-0.15, -0.1) is 0 Å². The minimum absolute atomic E-state index is 0.0492. The van der Waals surface area contributed by atoms with E-state index in [2.05, 4.69) is 0 Å². The van der Waals surface area contributed by atoms with Gasteiger partial charge in [-0.2, -0.15) is 0 Å². The third-order valence-corrected chi connectivity index (χ3v) is 4.02. The number of hydrogen-bond acceptors (Lipinski definition) is 4. The van der Waals surface area contributed by atoms with Crippen LogP contribution in [0, 0.1) is 0 Å². The molecule has 144 valence electrons. The van der Waals surface area contributed by atoms with Crippen molar-refractivity contribution in [3.63, 3.8) is 0 Å². The monoisotopic (exact) mass is 389 g/mol. The molecule has 27 heavy (non-hydrogen) atoms. The number of amides is 1. The molecule has 0 aliphatic carbocycles. The van der Waals surface area contributed by atoms with E-state index in [4.69, 9.17) is 21.1 Å². The molecule has 0 aliphatic heterocycles. The number of benzene rings is 2. The maximum absolute atomic E-state index is 12.5. The largest absolute Gasteiger partial charge is 0.489 e. The second kappa shape index (κ2) is 8.44. The maximum atomic E-state index is 12.5. The summed E-state index contributed by atoms with van der Waals surface area (Å²) >= 11 is 6.04. The normalized spacial score (nSPS) is 11.0. The number of hydrogen-bond donors (Lipinski definition) is 0. The molecule has 1 amide bonds. The van der Waals surface area contributed by atoms with E-state index < -0.39 is 11.6 Å². The van der Waals surface area contributed by atoms with Gasteiger partial charge < -0.3 is 14.4 Å². The number of rotatable bonds is 5. The first-order chi connectivity index (χ1) is 12.6. The Kier molecular flexibility index (Phi) is 6.50. The van der Waals surface area contributed by atoms with Crippen molar-refractivity contribution < 1.29 is 19.1 Å². The van der Waals surface area contributed by atoms with E-state index in [0.717, 1.165) is 5.69 Å². The lowest BCUT2D eigenvalue weighted by atomic mass is 10.1. The van der Waals surface area contributed by atoms with Crippen molar-refractivity contribution in [2.24, 2.45) is 0 Å². The SMILES string of the molecule is CC(=O)N(C)c1ccc(OCc2ccc(Cl)cc2C(=O)OC(C)(C)C)cc1. The van der Waals surface area contributed by atoms with Crippen molar-refractivity contribution in [1.82, 2.24) is 0 Å². The van der Waals surface area contributed by atoms with Crippen LogP contribution in [0.25, 0.3) is 0 Å². The Balaban J connectivity index is 2.14. The molecule has 0 heterocycles. The van der Waals surface area contributed by atoms with E-state index in [-0.39, 0.29) is 12.5 Å².